The van der Waals surface area contributed by atoms with Gasteiger partial charge < -0.3 is 40.3 Å². The Balaban J connectivity index is 2.37. The molecule has 0 radical (unpaired) electrons. The summed E-state index contributed by atoms with van der Waals surface area (Å²) >= 11 is 0. The van der Waals surface area contributed by atoms with E-state index in [1.165, 1.54) is 51.4 Å². The van der Waals surface area contributed by atoms with Gasteiger partial charge in [0.1, 0.15) is 24.4 Å². The monoisotopic (exact) mass is 892 g/mol. The van der Waals surface area contributed by atoms with Crippen LogP contribution in [0.1, 0.15) is 162 Å². The van der Waals surface area contributed by atoms with Crippen molar-refractivity contribution in [3.05, 3.63) is 122 Å². The van der Waals surface area contributed by atoms with Gasteiger partial charge in [0.15, 0.2) is 6.29 Å². The number of amides is 1. The van der Waals surface area contributed by atoms with Crippen molar-refractivity contribution in [1.29, 1.82) is 0 Å². The van der Waals surface area contributed by atoms with E-state index in [-0.39, 0.29) is 18.9 Å². The highest BCUT2D eigenvalue weighted by atomic mass is 16.7. The molecule has 1 aliphatic heterocycles. The number of allylic oxidation sites excluding steroid dienone is 19. The first-order chi connectivity index (χ1) is 31.3. The molecule has 7 atom stereocenters. The molecular weight excluding hydrogens is 803 g/mol. The second-order valence-corrected chi connectivity index (χ2v) is 16.5. The van der Waals surface area contributed by atoms with Crippen LogP contribution in [0.5, 0.6) is 0 Å². The molecule has 0 aromatic heterocycles. The van der Waals surface area contributed by atoms with Crippen molar-refractivity contribution in [2.45, 2.75) is 204 Å². The average molecular weight is 892 g/mol. The summed E-state index contributed by atoms with van der Waals surface area (Å²) in [5.74, 6) is -0.236. The lowest BCUT2D eigenvalue weighted by molar-refractivity contribution is -0.302. The molecule has 64 heavy (non-hydrogen) atoms. The minimum atomic E-state index is -1.59. The predicted molar refractivity (Wildman–Crippen MR) is 267 cm³/mol. The Labute approximate surface area is 388 Å². The van der Waals surface area contributed by atoms with Crippen molar-refractivity contribution >= 4 is 5.91 Å². The number of carbonyl (C=O) groups is 1. The molecule has 1 rings (SSSR count). The summed E-state index contributed by atoms with van der Waals surface area (Å²) in [6, 6.07) is -0.853. The van der Waals surface area contributed by atoms with Gasteiger partial charge in [-0.3, -0.25) is 4.79 Å². The minimum Gasteiger partial charge on any atom is -0.394 e. The molecular formula is C55H89NO8. The molecule has 0 aromatic carbocycles. The van der Waals surface area contributed by atoms with Gasteiger partial charge in [0.05, 0.1) is 25.4 Å². The van der Waals surface area contributed by atoms with Gasteiger partial charge in [-0.2, -0.15) is 0 Å². The predicted octanol–water partition coefficient (Wildman–Crippen LogP) is 11.2. The van der Waals surface area contributed by atoms with E-state index in [4.69, 9.17) is 9.47 Å². The Morgan fingerprint density at radius 1 is 0.547 bits per heavy atom. The fourth-order valence-electron chi connectivity index (χ4n) is 6.83. The lowest BCUT2D eigenvalue weighted by atomic mass is 9.99. The van der Waals surface area contributed by atoms with E-state index in [1.807, 2.05) is 6.08 Å². The van der Waals surface area contributed by atoms with Crippen LogP contribution in [-0.4, -0.2) is 87.5 Å². The molecule has 0 spiro atoms. The lowest BCUT2D eigenvalue weighted by Gasteiger charge is -2.40. The molecule has 0 aromatic rings. The van der Waals surface area contributed by atoms with E-state index < -0.39 is 49.5 Å². The Bertz CT molecular complexity index is 1410. The summed E-state index contributed by atoms with van der Waals surface area (Å²) in [5, 5.41) is 54.2. The van der Waals surface area contributed by atoms with E-state index in [0.29, 0.717) is 6.42 Å². The normalized spacial score (nSPS) is 21.1. The first-order valence-corrected chi connectivity index (χ1v) is 24.8. The zero-order valence-corrected chi connectivity index (χ0v) is 39.7. The van der Waals surface area contributed by atoms with Crippen LogP contribution in [-0.2, 0) is 14.3 Å². The third-order valence-electron chi connectivity index (χ3n) is 10.8. The van der Waals surface area contributed by atoms with Gasteiger partial charge in [-0.05, 0) is 96.3 Å². The summed E-state index contributed by atoms with van der Waals surface area (Å²) in [4.78, 5) is 13.0. The molecule has 0 bridgehead atoms. The van der Waals surface area contributed by atoms with E-state index in [9.17, 15) is 30.3 Å². The Morgan fingerprint density at radius 2 is 0.984 bits per heavy atom. The van der Waals surface area contributed by atoms with Crippen molar-refractivity contribution < 1.29 is 39.8 Å². The standard InChI is InChI=1S/C55H89NO8/c1-3-5-7-9-11-13-15-17-19-20-21-22-23-24-25-26-27-28-29-30-31-33-35-37-39-41-43-45-51(59)56-48(47-63-55-54(62)53(61)52(60)50(46-57)64-55)49(58)44-42-40-38-36-34-32-18-16-14-12-10-8-6-4-2/h5,7,11,13,17,19,21-22,24-25,27-28,30-31,34-37,42,44,48-50,52-55,57-58,60-62H,3-4,6,8-10,12,14-16,18,20,23,26,29,32-33,38-41,43,45-47H2,1-2H3,(H,56,59)/b7-5-,13-11-,19-17-,22-21-,25-24-,28-27-,31-30-,36-34+,37-35-,44-42+. The van der Waals surface area contributed by atoms with Gasteiger partial charge in [-0.1, -0.05) is 180 Å². The Hall–Kier alpha value is -3.41. The smallest absolute Gasteiger partial charge is 0.220 e. The van der Waals surface area contributed by atoms with Gasteiger partial charge in [-0.15, -0.1) is 0 Å². The fourth-order valence-corrected chi connectivity index (χ4v) is 6.83. The van der Waals surface area contributed by atoms with Crippen LogP contribution < -0.4 is 5.32 Å². The van der Waals surface area contributed by atoms with Crippen LogP contribution in [0, 0.1) is 0 Å². The molecule has 1 fully saturated rings. The van der Waals surface area contributed by atoms with Crippen LogP contribution in [0.3, 0.4) is 0 Å². The van der Waals surface area contributed by atoms with Gasteiger partial charge in [0, 0.05) is 6.42 Å². The van der Waals surface area contributed by atoms with Crippen molar-refractivity contribution in [3.63, 3.8) is 0 Å². The third-order valence-corrected chi connectivity index (χ3v) is 10.8. The summed E-state index contributed by atoms with van der Waals surface area (Å²) in [7, 11) is 0. The van der Waals surface area contributed by atoms with Crippen LogP contribution in [0.25, 0.3) is 0 Å². The fraction of sp³-hybridized carbons (Fsp3) is 0.618. The third kappa shape index (κ3) is 33.1. The first kappa shape index (κ1) is 58.6. The number of aliphatic hydroxyl groups excluding tert-OH is 5. The van der Waals surface area contributed by atoms with E-state index in [0.717, 1.165) is 83.5 Å². The maximum absolute atomic E-state index is 13.0. The highest BCUT2D eigenvalue weighted by Gasteiger charge is 2.44. The highest BCUT2D eigenvalue weighted by molar-refractivity contribution is 5.76. The Morgan fingerprint density at radius 3 is 1.50 bits per heavy atom. The first-order valence-electron chi connectivity index (χ1n) is 24.8. The maximum Gasteiger partial charge on any atom is 0.220 e. The molecule has 0 aliphatic carbocycles. The van der Waals surface area contributed by atoms with Crippen LogP contribution in [0.15, 0.2) is 122 Å². The topological polar surface area (TPSA) is 149 Å². The number of hydrogen-bond acceptors (Lipinski definition) is 8. The number of rotatable bonds is 39. The number of carbonyl (C=O) groups excluding carboxylic acids is 1. The molecule has 1 saturated heterocycles. The number of nitrogens with one attached hydrogen (secondary N) is 1. The zero-order chi connectivity index (χ0) is 46.6. The molecule has 1 amide bonds. The molecule has 7 unspecified atom stereocenters. The largest absolute Gasteiger partial charge is 0.394 e. The second kappa shape index (κ2) is 43.5. The highest BCUT2D eigenvalue weighted by Crippen LogP contribution is 2.22. The van der Waals surface area contributed by atoms with E-state index >= 15 is 0 Å². The lowest BCUT2D eigenvalue weighted by Crippen LogP contribution is -2.60. The second-order valence-electron chi connectivity index (χ2n) is 16.5. The van der Waals surface area contributed by atoms with Gasteiger partial charge in [0.2, 0.25) is 5.91 Å². The molecule has 1 aliphatic rings. The molecule has 6 N–H and O–H groups in total. The summed E-state index contributed by atoms with van der Waals surface area (Å²) in [5.41, 5.74) is 0. The van der Waals surface area contributed by atoms with Crippen molar-refractivity contribution in [3.8, 4) is 0 Å². The molecule has 0 saturated carbocycles. The average Bonchev–Trinajstić information content (AvgIpc) is 3.29. The number of unbranched alkanes of at least 4 members (excludes halogenated alkanes) is 11. The van der Waals surface area contributed by atoms with Gasteiger partial charge >= 0.3 is 0 Å². The number of ether oxygens (including phenoxy) is 2. The van der Waals surface area contributed by atoms with Crippen LogP contribution in [0.4, 0.5) is 0 Å². The van der Waals surface area contributed by atoms with E-state index in [1.54, 1.807) is 6.08 Å². The summed E-state index contributed by atoms with van der Waals surface area (Å²) < 4.78 is 11.2. The van der Waals surface area contributed by atoms with Crippen molar-refractivity contribution in [2.24, 2.45) is 0 Å². The van der Waals surface area contributed by atoms with Crippen molar-refractivity contribution in [1.82, 2.24) is 5.32 Å². The van der Waals surface area contributed by atoms with Gasteiger partial charge in [-0.25, -0.2) is 0 Å². The minimum absolute atomic E-state index is 0.227. The van der Waals surface area contributed by atoms with Crippen LogP contribution in [0.2, 0.25) is 0 Å². The molecule has 1 heterocycles. The zero-order valence-electron chi connectivity index (χ0n) is 39.7. The number of aliphatic hydroxyl groups is 5. The Kier molecular flexibility index (Phi) is 39.8. The molecule has 9 nitrogen and oxygen atoms in total. The van der Waals surface area contributed by atoms with Gasteiger partial charge in [0.25, 0.3) is 0 Å². The quantitative estimate of drug-likeness (QED) is 0.0264. The SMILES string of the molecule is CC/C=C\C/C=C\C/C=C\C/C=C\C/C=C\C/C=C\C/C=C\C/C=C\CCCCC(=O)NC(COC1OC(CO)C(O)C(O)C1O)C(O)/C=C/CC/C=C/CCCCCCCCCC. The molecule has 362 valence electrons. The van der Waals surface area contributed by atoms with E-state index in [2.05, 4.69) is 129 Å². The van der Waals surface area contributed by atoms with Crippen LogP contribution >= 0.6 is 0 Å². The molecule has 9 heteroatoms. The van der Waals surface area contributed by atoms with Crippen molar-refractivity contribution in [2.75, 3.05) is 13.2 Å². The summed E-state index contributed by atoms with van der Waals surface area (Å²) in [6.45, 7) is 3.58. The summed E-state index contributed by atoms with van der Waals surface area (Å²) in [6.07, 6.45) is 58.2. The number of hydrogen-bond donors (Lipinski definition) is 6. The maximum atomic E-state index is 13.0.